The predicted molar refractivity (Wildman–Crippen MR) is 157 cm³/mol. The number of anilines is 3. The molecule has 0 unspecified atom stereocenters. The van der Waals surface area contributed by atoms with Crippen molar-refractivity contribution in [1.29, 1.82) is 0 Å². The highest BCUT2D eigenvalue weighted by Crippen LogP contribution is 2.41. The fourth-order valence-electron chi connectivity index (χ4n) is 4.13. The number of carbonyl (C=O) groups excluding carboxylic acids is 2. The summed E-state index contributed by atoms with van der Waals surface area (Å²) in [6.07, 6.45) is 0. The van der Waals surface area contributed by atoms with Gasteiger partial charge in [-0.2, -0.15) is 0 Å². The van der Waals surface area contributed by atoms with Crippen LogP contribution in [-0.4, -0.2) is 27.3 Å². The largest absolute Gasteiger partial charge is 0.495 e. The van der Waals surface area contributed by atoms with Crippen molar-refractivity contribution in [1.82, 2.24) is 0 Å². The molecule has 0 radical (unpaired) electrons. The summed E-state index contributed by atoms with van der Waals surface area (Å²) in [4.78, 5) is 29.5. The van der Waals surface area contributed by atoms with E-state index in [0.29, 0.717) is 27.7 Å². The maximum atomic E-state index is 13.8. The number of nitrogens with zero attached hydrogens (tertiary/aromatic N) is 1. The third-order valence-electron chi connectivity index (χ3n) is 6.02. The first-order chi connectivity index (χ1) is 19.3. The van der Waals surface area contributed by atoms with Gasteiger partial charge in [-0.3, -0.25) is 14.3 Å². The summed E-state index contributed by atoms with van der Waals surface area (Å²) >= 11 is 1.07. The Morgan fingerprint density at radius 2 is 1.45 bits per heavy atom. The molecule has 4 aromatic rings. The molecule has 0 bridgehead atoms. The molecule has 202 valence electrons. The van der Waals surface area contributed by atoms with Gasteiger partial charge in [0.15, 0.2) is 0 Å². The highest BCUT2D eigenvalue weighted by Gasteiger charge is 2.41. The van der Waals surface area contributed by atoms with Crippen LogP contribution < -0.4 is 19.7 Å². The molecule has 2 N–H and O–H groups in total. The molecular formula is C30H25N3O5S2. The first-order valence-corrected chi connectivity index (χ1v) is 14.5. The van der Waals surface area contributed by atoms with E-state index in [-0.39, 0.29) is 15.5 Å². The SMILES string of the molecule is COc1ccc(C)cc1N1C(=O)C(Nc2ccccc2)=C(Sc2cccc(NS(=O)(=O)c3ccccc3)c2)C1=O. The smallest absolute Gasteiger partial charge is 0.283 e. The number of rotatable bonds is 9. The van der Waals surface area contributed by atoms with Crippen LogP contribution >= 0.6 is 11.8 Å². The minimum Gasteiger partial charge on any atom is -0.495 e. The number of carbonyl (C=O) groups is 2. The number of sulfonamides is 1. The molecule has 0 saturated carbocycles. The third-order valence-corrected chi connectivity index (χ3v) is 8.49. The van der Waals surface area contributed by atoms with E-state index >= 15 is 0 Å². The second-order valence-electron chi connectivity index (χ2n) is 8.86. The van der Waals surface area contributed by atoms with Crippen LogP contribution in [0, 0.1) is 6.92 Å². The Morgan fingerprint density at radius 1 is 0.775 bits per heavy atom. The van der Waals surface area contributed by atoms with Gasteiger partial charge >= 0.3 is 0 Å². The predicted octanol–water partition coefficient (Wildman–Crippen LogP) is 5.79. The number of amides is 2. The number of nitrogens with one attached hydrogen (secondary N) is 2. The quantitative estimate of drug-likeness (QED) is 0.245. The number of imide groups is 1. The van der Waals surface area contributed by atoms with Gasteiger partial charge in [-0.05, 0) is 67.1 Å². The average molecular weight is 572 g/mol. The zero-order valence-electron chi connectivity index (χ0n) is 21.6. The van der Waals surface area contributed by atoms with E-state index in [9.17, 15) is 18.0 Å². The minimum atomic E-state index is -3.81. The first-order valence-electron chi connectivity index (χ1n) is 12.2. The molecule has 2 amide bonds. The Balaban J connectivity index is 1.51. The topological polar surface area (TPSA) is 105 Å². The number of para-hydroxylation sites is 1. The summed E-state index contributed by atoms with van der Waals surface area (Å²) in [6.45, 7) is 1.86. The second kappa shape index (κ2) is 11.3. The highest BCUT2D eigenvalue weighted by molar-refractivity contribution is 8.04. The summed E-state index contributed by atoms with van der Waals surface area (Å²) in [5.74, 6) is -0.663. The fraction of sp³-hybridized carbons (Fsp3) is 0.0667. The van der Waals surface area contributed by atoms with Gasteiger partial charge in [0.25, 0.3) is 21.8 Å². The normalized spacial score (nSPS) is 13.5. The molecule has 40 heavy (non-hydrogen) atoms. The Labute approximate surface area is 236 Å². The van der Waals surface area contributed by atoms with Crippen molar-refractivity contribution in [3.63, 3.8) is 0 Å². The Hall–Kier alpha value is -4.54. The lowest BCUT2D eigenvalue weighted by atomic mass is 10.2. The van der Waals surface area contributed by atoms with Crippen molar-refractivity contribution in [2.75, 3.05) is 22.0 Å². The van der Waals surface area contributed by atoms with Crippen LogP contribution in [0.5, 0.6) is 5.75 Å². The zero-order valence-corrected chi connectivity index (χ0v) is 23.3. The van der Waals surface area contributed by atoms with Crippen LogP contribution in [0.4, 0.5) is 17.1 Å². The molecule has 0 saturated heterocycles. The van der Waals surface area contributed by atoms with E-state index < -0.39 is 21.8 Å². The maximum absolute atomic E-state index is 13.8. The van der Waals surface area contributed by atoms with Crippen molar-refractivity contribution in [2.45, 2.75) is 16.7 Å². The molecule has 0 atom stereocenters. The molecule has 0 aliphatic carbocycles. The molecule has 4 aromatic carbocycles. The molecule has 1 aliphatic heterocycles. The van der Waals surface area contributed by atoms with E-state index in [4.69, 9.17) is 4.74 Å². The summed E-state index contributed by atoms with van der Waals surface area (Å²) in [5, 5.41) is 3.11. The molecule has 10 heteroatoms. The van der Waals surface area contributed by atoms with Gasteiger partial charge in [0.2, 0.25) is 0 Å². The molecule has 8 nitrogen and oxygen atoms in total. The van der Waals surface area contributed by atoms with Gasteiger partial charge < -0.3 is 10.1 Å². The average Bonchev–Trinajstić information content (AvgIpc) is 3.17. The number of hydrogen-bond acceptors (Lipinski definition) is 7. The number of thioether (sulfide) groups is 1. The van der Waals surface area contributed by atoms with Crippen molar-refractivity contribution in [3.05, 3.63) is 119 Å². The van der Waals surface area contributed by atoms with Crippen LogP contribution in [0.2, 0.25) is 0 Å². The molecule has 5 rings (SSSR count). The number of benzene rings is 4. The molecule has 1 heterocycles. The third kappa shape index (κ3) is 5.58. The summed E-state index contributed by atoms with van der Waals surface area (Å²) in [5.41, 5.74) is 2.26. The number of methoxy groups -OCH3 is 1. The Bertz CT molecular complexity index is 1720. The van der Waals surface area contributed by atoms with E-state index in [2.05, 4.69) is 10.0 Å². The van der Waals surface area contributed by atoms with Crippen LogP contribution in [-0.2, 0) is 19.6 Å². The van der Waals surface area contributed by atoms with Crippen LogP contribution in [0.1, 0.15) is 5.56 Å². The van der Waals surface area contributed by atoms with Crippen LogP contribution in [0.25, 0.3) is 0 Å². The van der Waals surface area contributed by atoms with Gasteiger partial charge in [-0.25, -0.2) is 13.3 Å². The van der Waals surface area contributed by atoms with Gasteiger partial charge in [0.05, 0.1) is 17.7 Å². The van der Waals surface area contributed by atoms with E-state index in [1.807, 2.05) is 31.2 Å². The molecule has 0 aromatic heterocycles. The van der Waals surface area contributed by atoms with E-state index in [1.54, 1.807) is 66.7 Å². The van der Waals surface area contributed by atoms with Crippen LogP contribution in [0.15, 0.2) is 124 Å². The lowest BCUT2D eigenvalue weighted by molar-refractivity contribution is -0.120. The number of aryl methyl sites for hydroxylation is 1. The standard InChI is InChI=1S/C30H25N3O5S2/c1-20-16-17-26(38-2)25(18-20)33-29(34)27(31-21-10-5-3-6-11-21)28(30(33)35)39-23-13-9-12-22(19-23)32-40(36,37)24-14-7-4-8-15-24/h3-19,31-32H,1-2H3. The van der Waals surface area contributed by atoms with Crippen LogP contribution in [0.3, 0.4) is 0 Å². The fourth-order valence-corrected chi connectivity index (χ4v) is 6.19. The van der Waals surface area contributed by atoms with Gasteiger partial charge in [0.1, 0.15) is 16.4 Å². The van der Waals surface area contributed by atoms with Gasteiger partial charge in [-0.1, -0.05) is 60.3 Å². The lowest BCUT2D eigenvalue weighted by Gasteiger charge is -2.19. The van der Waals surface area contributed by atoms with Crippen molar-refractivity contribution >= 4 is 50.7 Å². The molecule has 0 fully saturated rings. The Kier molecular flexibility index (Phi) is 7.63. The molecule has 0 spiro atoms. The number of hydrogen-bond donors (Lipinski definition) is 2. The summed E-state index contributed by atoms with van der Waals surface area (Å²) in [6, 6.07) is 29.0. The summed E-state index contributed by atoms with van der Waals surface area (Å²) < 4.78 is 33.7. The van der Waals surface area contributed by atoms with E-state index in [0.717, 1.165) is 22.2 Å². The van der Waals surface area contributed by atoms with Crippen molar-refractivity contribution < 1.29 is 22.7 Å². The van der Waals surface area contributed by atoms with Gasteiger partial charge in [0, 0.05) is 16.3 Å². The molecular weight excluding hydrogens is 546 g/mol. The second-order valence-corrected chi connectivity index (χ2v) is 11.6. The van der Waals surface area contributed by atoms with Gasteiger partial charge in [-0.15, -0.1) is 0 Å². The first kappa shape index (κ1) is 27.0. The molecule has 1 aliphatic rings. The highest BCUT2D eigenvalue weighted by atomic mass is 32.2. The van der Waals surface area contributed by atoms with E-state index in [1.165, 1.54) is 19.2 Å². The maximum Gasteiger partial charge on any atom is 0.283 e. The zero-order chi connectivity index (χ0) is 28.3. The summed E-state index contributed by atoms with van der Waals surface area (Å²) in [7, 11) is -2.33. The monoisotopic (exact) mass is 571 g/mol. The minimum absolute atomic E-state index is 0.111. The lowest BCUT2D eigenvalue weighted by Crippen LogP contribution is -2.32. The number of ether oxygens (including phenoxy) is 1. The van der Waals surface area contributed by atoms with Crippen molar-refractivity contribution in [2.24, 2.45) is 0 Å². The van der Waals surface area contributed by atoms with Crippen molar-refractivity contribution in [3.8, 4) is 5.75 Å². The Morgan fingerprint density at radius 3 is 2.15 bits per heavy atom.